The Morgan fingerprint density at radius 2 is 1.92 bits per heavy atom. The zero-order chi connectivity index (χ0) is 19.3. The van der Waals surface area contributed by atoms with Crippen LogP contribution in [0.15, 0.2) is 28.1 Å². The summed E-state index contributed by atoms with van der Waals surface area (Å²) < 4.78 is 38.8. The zero-order valence-electron chi connectivity index (χ0n) is 14.8. The molecule has 2 N–H and O–H groups in total. The third kappa shape index (κ3) is 5.43. The highest BCUT2D eigenvalue weighted by Crippen LogP contribution is 2.35. The molecule has 142 valence electrons. The Kier molecular flexibility index (Phi) is 6.98. The van der Waals surface area contributed by atoms with Crippen molar-refractivity contribution in [2.75, 3.05) is 13.2 Å². The van der Waals surface area contributed by atoms with E-state index in [9.17, 15) is 13.6 Å². The van der Waals surface area contributed by atoms with Crippen molar-refractivity contribution in [2.24, 2.45) is 12.8 Å². The van der Waals surface area contributed by atoms with Crippen LogP contribution in [0.25, 0.3) is 0 Å². The van der Waals surface area contributed by atoms with Crippen LogP contribution in [-0.2, 0) is 23.1 Å². The molecule has 0 spiro atoms. The SMILES string of the molecule is CC(C)c1nc(COCCOC(N)=O)n(C)c1Sc1cc(F)cc(F)c1. The summed E-state index contributed by atoms with van der Waals surface area (Å²) in [6.45, 7) is 4.43. The van der Waals surface area contributed by atoms with Crippen molar-refractivity contribution in [3.05, 3.63) is 41.4 Å². The summed E-state index contributed by atoms with van der Waals surface area (Å²) in [6.07, 6.45) is -0.853. The van der Waals surface area contributed by atoms with E-state index in [1.807, 2.05) is 25.5 Å². The van der Waals surface area contributed by atoms with Gasteiger partial charge in [-0.1, -0.05) is 25.6 Å². The first-order valence-electron chi connectivity index (χ1n) is 7.97. The van der Waals surface area contributed by atoms with Crippen LogP contribution in [-0.4, -0.2) is 28.9 Å². The van der Waals surface area contributed by atoms with Gasteiger partial charge in [-0.25, -0.2) is 18.6 Å². The van der Waals surface area contributed by atoms with E-state index in [4.69, 9.17) is 10.5 Å². The van der Waals surface area contributed by atoms with Gasteiger partial charge < -0.3 is 19.8 Å². The first-order chi connectivity index (χ1) is 12.3. The molecule has 2 aromatic rings. The molecule has 2 rings (SSSR count). The highest BCUT2D eigenvalue weighted by atomic mass is 32.2. The molecule has 9 heteroatoms. The van der Waals surface area contributed by atoms with Gasteiger partial charge in [0.15, 0.2) is 0 Å². The van der Waals surface area contributed by atoms with Gasteiger partial charge in [-0.3, -0.25) is 0 Å². The van der Waals surface area contributed by atoms with Crippen LogP contribution in [0.4, 0.5) is 13.6 Å². The summed E-state index contributed by atoms with van der Waals surface area (Å²) in [5, 5.41) is 0.789. The number of primary amides is 1. The minimum Gasteiger partial charge on any atom is -0.447 e. The van der Waals surface area contributed by atoms with E-state index in [0.29, 0.717) is 10.7 Å². The number of carbonyl (C=O) groups is 1. The van der Waals surface area contributed by atoms with Crippen LogP contribution < -0.4 is 5.73 Å². The Labute approximate surface area is 154 Å². The number of amides is 1. The molecule has 0 atom stereocenters. The van der Waals surface area contributed by atoms with Gasteiger partial charge in [0, 0.05) is 18.0 Å². The summed E-state index contributed by atoms with van der Waals surface area (Å²) >= 11 is 1.24. The standard InChI is InChI=1S/C17H21F2N3O3S/c1-10(2)15-16(26-13-7-11(18)6-12(19)8-13)22(3)14(21-15)9-24-4-5-25-17(20)23/h6-8,10H,4-5,9H2,1-3H3,(H2,20,23). The second-order valence-corrected chi connectivity index (χ2v) is 6.92. The van der Waals surface area contributed by atoms with Crippen molar-refractivity contribution in [1.29, 1.82) is 0 Å². The summed E-state index contributed by atoms with van der Waals surface area (Å²) in [5.41, 5.74) is 5.69. The van der Waals surface area contributed by atoms with Gasteiger partial charge in [0.1, 0.15) is 35.7 Å². The minimum atomic E-state index is -0.853. The van der Waals surface area contributed by atoms with Crippen molar-refractivity contribution < 1.29 is 23.0 Å². The van der Waals surface area contributed by atoms with Crippen LogP contribution in [0.5, 0.6) is 0 Å². The molecule has 0 fully saturated rings. The Morgan fingerprint density at radius 1 is 1.27 bits per heavy atom. The van der Waals surface area contributed by atoms with Crippen molar-refractivity contribution in [3.8, 4) is 0 Å². The molecule has 26 heavy (non-hydrogen) atoms. The highest BCUT2D eigenvalue weighted by molar-refractivity contribution is 7.99. The van der Waals surface area contributed by atoms with E-state index < -0.39 is 17.7 Å². The number of aromatic nitrogens is 2. The Hall–Kier alpha value is -2.13. The van der Waals surface area contributed by atoms with Crippen molar-refractivity contribution in [3.63, 3.8) is 0 Å². The number of nitrogens with zero attached hydrogens (tertiary/aromatic N) is 2. The number of rotatable bonds is 8. The molecule has 0 unspecified atom stereocenters. The molecule has 0 aliphatic heterocycles. The first-order valence-corrected chi connectivity index (χ1v) is 8.79. The van der Waals surface area contributed by atoms with Crippen LogP contribution in [0.1, 0.15) is 31.3 Å². The van der Waals surface area contributed by atoms with Crippen LogP contribution in [0.3, 0.4) is 0 Å². The van der Waals surface area contributed by atoms with Crippen LogP contribution in [0.2, 0.25) is 0 Å². The molecule has 1 aromatic heterocycles. The first kappa shape index (κ1) is 20.2. The molecule has 0 aliphatic carbocycles. The second-order valence-electron chi connectivity index (χ2n) is 5.86. The van der Waals surface area contributed by atoms with E-state index in [1.165, 1.54) is 23.9 Å². The summed E-state index contributed by atoms with van der Waals surface area (Å²) in [6, 6.07) is 3.40. The third-order valence-corrected chi connectivity index (χ3v) is 4.61. The maximum absolute atomic E-state index is 13.5. The lowest BCUT2D eigenvalue weighted by atomic mass is 10.2. The molecular weight excluding hydrogens is 364 g/mol. The van der Waals surface area contributed by atoms with E-state index in [2.05, 4.69) is 9.72 Å². The third-order valence-electron chi connectivity index (χ3n) is 3.46. The van der Waals surface area contributed by atoms with E-state index in [0.717, 1.165) is 16.8 Å². The van der Waals surface area contributed by atoms with Crippen LogP contribution in [0, 0.1) is 11.6 Å². The average Bonchev–Trinajstić information content (AvgIpc) is 2.83. The van der Waals surface area contributed by atoms with E-state index in [1.54, 1.807) is 0 Å². The fourth-order valence-corrected chi connectivity index (χ4v) is 3.44. The molecule has 0 bridgehead atoms. The predicted molar refractivity (Wildman–Crippen MR) is 93.0 cm³/mol. The number of halogens is 2. The lowest BCUT2D eigenvalue weighted by molar-refractivity contribution is 0.0640. The van der Waals surface area contributed by atoms with Gasteiger partial charge in [-0.15, -0.1) is 0 Å². The number of hydrogen-bond donors (Lipinski definition) is 1. The Morgan fingerprint density at radius 3 is 2.50 bits per heavy atom. The molecule has 0 aliphatic rings. The van der Waals surface area contributed by atoms with Gasteiger partial charge >= 0.3 is 6.09 Å². The molecule has 6 nitrogen and oxygen atoms in total. The molecule has 0 saturated carbocycles. The minimum absolute atomic E-state index is 0.0565. The fraction of sp³-hybridized carbons (Fsp3) is 0.412. The predicted octanol–water partition coefficient (Wildman–Crippen LogP) is 3.58. The van der Waals surface area contributed by atoms with Gasteiger partial charge in [0.05, 0.1) is 12.3 Å². The quantitative estimate of drug-likeness (QED) is 0.703. The summed E-state index contributed by atoms with van der Waals surface area (Å²) in [5.74, 6) is -0.473. The Balaban J connectivity index is 2.14. The van der Waals surface area contributed by atoms with E-state index in [-0.39, 0.29) is 25.7 Å². The van der Waals surface area contributed by atoms with Crippen molar-refractivity contribution in [1.82, 2.24) is 9.55 Å². The molecule has 0 saturated heterocycles. The number of ether oxygens (including phenoxy) is 2. The van der Waals surface area contributed by atoms with Crippen LogP contribution >= 0.6 is 11.8 Å². The second kappa shape index (κ2) is 9.00. The summed E-state index contributed by atoms with van der Waals surface area (Å²) in [4.78, 5) is 15.5. The summed E-state index contributed by atoms with van der Waals surface area (Å²) in [7, 11) is 1.81. The maximum Gasteiger partial charge on any atom is 0.404 e. The van der Waals surface area contributed by atoms with Gasteiger partial charge in [-0.2, -0.15) is 0 Å². The normalized spacial score (nSPS) is 11.2. The number of hydrogen-bond acceptors (Lipinski definition) is 5. The molecule has 1 amide bonds. The van der Waals surface area contributed by atoms with Gasteiger partial charge in [0.2, 0.25) is 0 Å². The smallest absolute Gasteiger partial charge is 0.404 e. The average molecular weight is 385 g/mol. The number of benzene rings is 1. The lowest BCUT2D eigenvalue weighted by Crippen LogP contribution is -2.16. The van der Waals surface area contributed by atoms with Gasteiger partial charge in [-0.05, 0) is 18.1 Å². The molecular formula is C17H21F2N3O3S. The number of nitrogens with two attached hydrogens (primary N) is 1. The topological polar surface area (TPSA) is 79.4 Å². The maximum atomic E-state index is 13.5. The Bertz CT molecular complexity index is 761. The van der Waals surface area contributed by atoms with Crippen molar-refractivity contribution >= 4 is 17.9 Å². The molecule has 1 heterocycles. The number of imidazole rings is 1. The highest BCUT2D eigenvalue weighted by Gasteiger charge is 2.19. The monoisotopic (exact) mass is 385 g/mol. The largest absolute Gasteiger partial charge is 0.447 e. The molecule has 0 radical (unpaired) electrons. The van der Waals surface area contributed by atoms with Crippen molar-refractivity contribution in [2.45, 2.75) is 36.3 Å². The molecule has 1 aromatic carbocycles. The lowest BCUT2D eigenvalue weighted by Gasteiger charge is -2.09. The van der Waals surface area contributed by atoms with Gasteiger partial charge in [0.25, 0.3) is 0 Å². The fourth-order valence-electron chi connectivity index (χ4n) is 2.24. The zero-order valence-corrected chi connectivity index (χ0v) is 15.6. The number of carbonyl (C=O) groups excluding carboxylic acids is 1. The van der Waals surface area contributed by atoms with E-state index >= 15 is 0 Å².